The first kappa shape index (κ1) is 18.0. The number of hydrogen-bond donors (Lipinski definition) is 1. The van der Waals surface area contributed by atoms with Crippen molar-refractivity contribution in [3.8, 4) is 0 Å². The number of rotatable bonds is 4. The predicted octanol–water partition coefficient (Wildman–Crippen LogP) is 2.62. The molecule has 1 saturated heterocycles. The third-order valence-corrected chi connectivity index (χ3v) is 5.26. The van der Waals surface area contributed by atoms with Gasteiger partial charge in [0.15, 0.2) is 0 Å². The van der Waals surface area contributed by atoms with Gasteiger partial charge in [-0.2, -0.15) is 0 Å². The molecule has 128 valence electrons. The predicted molar refractivity (Wildman–Crippen MR) is 87.7 cm³/mol. The zero-order valence-electron chi connectivity index (χ0n) is 13.1. The average molecular weight is 363 g/mol. The monoisotopic (exact) mass is 362 g/mol. The van der Waals surface area contributed by atoms with Gasteiger partial charge in [-0.3, -0.25) is 0 Å². The van der Waals surface area contributed by atoms with Gasteiger partial charge >= 0.3 is 6.03 Å². The lowest BCUT2D eigenvalue weighted by atomic mass is 10.1. The van der Waals surface area contributed by atoms with Gasteiger partial charge in [0.25, 0.3) is 0 Å². The standard InChI is InChI=1S/C15H20ClFN2O3S/c1-10(12-3-4-14(17)13(16)7-12)18-15(20)19-6-5-11(8-19)9-23(2,21)22/h3-4,7,10-11H,5-6,8-9H2,1-2H3,(H,18,20)/t10-,11-/m0/s1. The van der Waals surface area contributed by atoms with Crippen LogP contribution in [0.5, 0.6) is 0 Å². The van der Waals surface area contributed by atoms with Crippen molar-refractivity contribution < 1.29 is 17.6 Å². The molecule has 2 amide bonds. The first-order valence-corrected chi connectivity index (χ1v) is 9.77. The minimum atomic E-state index is -3.04. The minimum absolute atomic E-state index is 0.0120. The Balaban J connectivity index is 1.93. The second-order valence-corrected chi connectivity index (χ2v) is 8.63. The Morgan fingerprint density at radius 2 is 2.22 bits per heavy atom. The molecule has 2 rings (SSSR count). The van der Waals surface area contributed by atoms with E-state index in [0.29, 0.717) is 25.1 Å². The van der Waals surface area contributed by atoms with E-state index in [1.807, 2.05) is 0 Å². The van der Waals surface area contributed by atoms with Gasteiger partial charge in [-0.1, -0.05) is 17.7 Å². The number of nitrogens with zero attached hydrogens (tertiary/aromatic N) is 1. The van der Waals surface area contributed by atoms with Crippen LogP contribution in [0.3, 0.4) is 0 Å². The minimum Gasteiger partial charge on any atom is -0.331 e. The Morgan fingerprint density at radius 3 is 2.83 bits per heavy atom. The lowest BCUT2D eigenvalue weighted by Gasteiger charge is -2.21. The topological polar surface area (TPSA) is 66.5 Å². The van der Waals surface area contributed by atoms with E-state index in [9.17, 15) is 17.6 Å². The molecule has 2 atom stereocenters. The number of carbonyl (C=O) groups is 1. The van der Waals surface area contributed by atoms with Crippen molar-refractivity contribution in [2.75, 3.05) is 25.1 Å². The molecular formula is C15H20ClFN2O3S. The van der Waals surface area contributed by atoms with Gasteiger partial charge in [-0.15, -0.1) is 0 Å². The summed E-state index contributed by atoms with van der Waals surface area (Å²) in [7, 11) is -3.04. The number of urea groups is 1. The highest BCUT2D eigenvalue weighted by Gasteiger charge is 2.29. The third kappa shape index (κ3) is 5.07. The van der Waals surface area contributed by atoms with Gasteiger partial charge in [0.05, 0.1) is 16.8 Å². The summed E-state index contributed by atoms with van der Waals surface area (Å²) in [4.78, 5) is 13.9. The SMILES string of the molecule is C[C@H](NC(=O)N1CC[C@H](CS(C)(=O)=O)C1)c1ccc(F)c(Cl)c1. The molecule has 0 saturated carbocycles. The van der Waals surface area contributed by atoms with E-state index in [1.165, 1.54) is 18.4 Å². The van der Waals surface area contributed by atoms with E-state index in [1.54, 1.807) is 17.9 Å². The molecule has 1 aromatic carbocycles. The molecule has 1 aliphatic rings. The van der Waals surface area contributed by atoms with Crippen LogP contribution >= 0.6 is 11.6 Å². The lowest BCUT2D eigenvalue weighted by molar-refractivity contribution is 0.204. The third-order valence-electron chi connectivity index (χ3n) is 3.90. The smallest absolute Gasteiger partial charge is 0.317 e. The van der Waals surface area contributed by atoms with Crippen molar-refractivity contribution >= 4 is 27.5 Å². The van der Waals surface area contributed by atoms with Crippen molar-refractivity contribution in [2.24, 2.45) is 5.92 Å². The average Bonchev–Trinajstić information content (AvgIpc) is 2.88. The molecule has 0 aromatic heterocycles. The van der Waals surface area contributed by atoms with Gasteiger partial charge in [-0.25, -0.2) is 17.6 Å². The van der Waals surface area contributed by atoms with Crippen LogP contribution in [-0.4, -0.2) is 44.4 Å². The largest absolute Gasteiger partial charge is 0.331 e. The number of nitrogens with one attached hydrogen (secondary N) is 1. The Morgan fingerprint density at radius 1 is 1.52 bits per heavy atom. The lowest BCUT2D eigenvalue weighted by Crippen LogP contribution is -2.40. The van der Waals surface area contributed by atoms with E-state index < -0.39 is 15.7 Å². The molecule has 0 spiro atoms. The maximum atomic E-state index is 13.2. The molecule has 0 radical (unpaired) electrons. The van der Waals surface area contributed by atoms with Gasteiger partial charge < -0.3 is 10.2 Å². The van der Waals surface area contributed by atoms with Gasteiger partial charge in [0.2, 0.25) is 0 Å². The zero-order valence-corrected chi connectivity index (χ0v) is 14.6. The maximum Gasteiger partial charge on any atom is 0.317 e. The maximum absolute atomic E-state index is 13.2. The Labute approximate surface area is 140 Å². The molecule has 1 fully saturated rings. The zero-order chi connectivity index (χ0) is 17.2. The first-order valence-electron chi connectivity index (χ1n) is 7.34. The molecular weight excluding hydrogens is 343 g/mol. The summed E-state index contributed by atoms with van der Waals surface area (Å²) >= 11 is 5.75. The van der Waals surface area contributed by atoms with Crippen LogP contribution in [0, 0.1) is 11.7 Å². The highest BCUT2D eigenvalue weighted by molar-refractivity contribution is 7.90. The summed E-state index contributed by atoms with van der Waals surface area (Å²) in [6.07, 6.45) is 1.88. The number of carbonyl (C=O) groups excluding carboxylic acids is 1. The van der Waals surface area contributed by atoms with Crippen LogP contribution in [0.4, 0.5) is 9.18 Å². The summed E-state index contributed by atoms with van der Waals surface area (Å²) in [5.74, 6) is -0.427. The van der Waals surface area contributed by atoms with Crippen LogP contribution in [0.2, 0.25) is 5.02 Å². The van der Waals surface area contributed by atoms with Crippen molar-refractivity contribution in [3.63, 3.8) is 0 Å². The van der Waals surface area contributed by atoms with Crippen molar-refractivity contribution in [1.82, 2.24) is 10.2 Å². The number of sulfone groups is 1. The Bertz CT molecular complexity index is 696. The molecule has 1 aliphatic heterocycles. The van der Waals surface area contributed by atoms with Crippen LogP contribution in [0.1, 0.15) is 24.9 Å². The van der Waals surface area contributed by atoms with E-state index >= 15 is 0 Å². The number of halogens is 2. The molecule has 0 aliphatic carbocycles. The molecule has 1 heterocycles. The highest BCUT2D eigenvalue weighted by atomic mass is 35.5. The summed E-state index contributed by atoms with van der Waals surface area (Å²) in [6, 6.07) is 3.74. The van der Waals surface area contributed by atoms with Crippen LogP contribution in [-0.2, 0) is 9.84 Å². The van der Waals surface area contributed by atoms with Gasteiger partial charge in [0.1, 0.15) is 15.7 Å². The number of hydrogen-bond acceptors (Lipinski definition) is 3. The molecule has 1 N–H and O–H groups in total. The van der Waals surface area contributed by atoms with Crippen LogP contribution < -0.4 is 5.32 Å². The fourth-order valence-electron chi connectivity index (χ4n) is 2.72. The Hall–Kier alpha value is -1.34. The van der Waals surface area contributed by atoms with Crippen LogP contribution in [0.25, 0.3) is 0 Å². The fourth-order valence-corrected chi connectivity index (χ4v) is 4.04. The van der Waals surface area contributed by atoms with Crippen molar-refractivity contribution in [1.29, 1.82) is 0 Å². The quantitative estimate of drug-likeness (QED) is 0.895. The van der Waals surface area contributed by atoms with E-state index in [0.717, 1.165) is 0 Å². The molecule has 0 unspecified atom stereocenters. The molecule has 5 nitrogen and oxygen atoms in total. The number of amides is 2. The van der Waals surface area contributed by atoms with Crippen molar-refractivity contribution in [3.05, 3.63) is 34.6 Å². The summed E-state index contributed by atoms with van der Waals surface area (Å²) in [6.45, 7) is 2.74. The second-order valence-electron chi connectivity index (χ2n) is 6.04. The molecule has 0 bridgehead atoms. The van der Waals surface area contributed by atoms with E-state index in [-0.39, 0.29) is 28.8 Å². The first-order chi connectivity index (χ1) is 10.7. The Kier molecular flexibility index (Phi) is 5.52. The summed E-state index contributed by atoms with van der Waals surface area (Å²) in [5, 5.41) is 2.84. The molecule has 1 aromatic rings. The van der Waals surface area contributed by atoms with Gasteiger partial charge in [-0.05, 0) is 37.0 Å². The normalized spacial score (nSPS) is 19.7. The molecule has 8 heteroatoms. The highest BCUT2D eigenvalue weighted by Crippen LogP contribution is 2.22. The molecule has 23 heavy (non-hydrogen) atoms. The number of benzene rings is 1. The van der Waals surface area contributed by atoms with Crippen LogP contribution in [0.15, 0.2) is 18.2 Å². The number of likely N-dealkylation sites (tertiary alicyclic amines) is 1. The van der Waals surface area contributed by atoms with E-state index in [4.69, 9.17) is 11.6 Å². The summed E-state index contributed by atoms with van der Waals surface area (Å²) in [5.41, 5.74) is 0.705. The summed E-state index contributed by atoms with van der Waals surface area (Å²) < 4.78 is 35.8. The van der Waals surface area contributed by atoms with Gasteiger partial charge in [0, 0.05) is 19.3 Å². The van der Waals surface area contributed by atoms with E-state index in [2.05, 4.69) is 5.32 Å². The van der Waals surface area contributed by atoms with Crippen molar-refractivity contribution in [2.45, 2.75) is 19.4 Å². The second kappa shape index (κ2) is 7.05. The fraction of sp³-hybridized carbons (Fsp3) is 0.533.